The van der Waals surface area contributed by atoms with Gasteiger partial charge in [-0.3, -0.25) is 4.90 Å². The second-order valence-electron chi connectivity index (χ2n) is 7.67. The Morgan fingerprint density at radius 2 is 1.56 bits per heavy atom. The molecule has 25 heavy (non-hydrogen) atoms. The molecule has 5 nitrogen and oxygen atoms in total. The molecular weight excluding hydrogens is 312 g/mol. The van der Waals surface area contributed by atoms with Crippen LogP contribution in [0.1, 0.15) is 24.4 Å². The van der Waals surface area contributed by atoms with Crippen molar-refractivity contribution in [1.29, 1.82) is 0 Å². The predicted molar refractivity (Wildman–Crippen MR) is 103 cm³/mol. The van der Waals surface area contributed by atoms with Crippen molar-refractivity contribution in [3.8, 4) is 5.75 Å². The molecule has 0 unspecified atom stereocenters. The van der Waals surface area contributed by atoms with E-state index in [2.05, 4.69) is 58.4 Å². The second-order valence-corrected chi connectivity index (χ2v) is 7.67. The van der Waals surface area contributed by atoms with Crippen molar-refractivity contribution >= 4 is 0 Å². The van der Waals surface area contributed by atoms with Gasteiger partial charge in [0.25, 0.3) is 0 Å². The van der Waals surface area contributed by atoms with Crippen molar-refractivity contribution in [2.24, 2.45) is 0 Å². The summed E-state index contributed by atoms with van der Waals surface area (Å²) in [5, 5.41) is 3.97. The Bertz CT molecular complexity index is 481. The topological polar surface area (TPSA) is 31.0 Å². The first-order valence-corrected chi connectivity index (χ1v) is 9.63. The molecule has 0 aromatic heterocycles. The molecule has 0 aliphatic carbocycles. The minimum atomic E-state index is 0.391. The third kappa shape index (κ3) is 5.42. The second kappa shape index (κ2) is 8.99. The molecule has 1 atom stereocenters. The molecule has 0 spiro atoms. The number of nitrogens with one attached hydrogen (secondary N) is 1. The summed E-state index contributed by atoms with van der Waals surface area (Å²) < 4.78 is 5.33. The molecule has 5 heteroatoms. The molecule has 3 rings (SSSR count). The fourth-order valence-corrected chi connectivity index (χ4v) is 3.84. The first-order valence-electron chi connectivity index (χ1n) is 9.63. The predicted octanol–water partition coefficient (Wildman–Crippen LogP) is 1.67. The zero-order chi connectivity index (χ0) is 17.6. The summed E-state index contributed by atoms with van der Waals surface area (Å²) in [7, 11) is 6.17. The molecule has 0 saturated carbocycles. The van der Waals surface area contributed by atoms with Crippen LogP contribution in [0.4, 0.5) is 0 Å². The fourth-order valence-electron chi connectivity index (χ4n) is 3.84. The van der Waals surface area contributed by atoms with Gasteiger partial charge in [0.1, 0.15) is 5.75 Å². The summed E-state index contributed by atoms with van der Waals surface area (Å²) in [4.78, 5) is 7.46. The molecular formula is C20H34N4O. The Morgan fingerprint density at radius 1 is 0.960 bits per heavy atom. The third-order valence-corrected chi connectivity index (χ3v) is 5.71. The summed E-state index contributed by atoms with van der Waals surface area (Å²) >= 11 is 0. The first-order chi connectivity index (χ1) is 12.1. The maximum Gasteiger partial charge on any atom is 0.118 e. The van der Waals surface area contributed by atoms with Crippen molar-refractivity contribution in [2.75, 3.05) is 67.0 Å². The van der Waals surface area contributed by atoms with E-state index in [1.54, 1.807) is 7.11 Å². The number of methoxy groups -OCH3 is 1. The van der Waals surface area contributed by atoms with Crippen molar-refractivity contribution in [1.82, 2.24) is 20.0 Å². The van der Waals surface area contributed by atoms with Crippen LogP contribution in [0.15, 0.2) is 24.3 Å². The van der Waals surface area contributed by atoms with Gasteiger partial charge in [0.05, 0.1) is 7.11 Å². The van der Waals surface area contributed by atoms with E-state index in [-0.39, 0.29) is 0 Å². The van der Waals surface area contributed by atoms with Crippen LogP contribution in [0.2, 0.25) is 0 Å². The molecule has 1 aromatic rings. The number of hydrogen-bond donors (Lipinski definition) is 1. The highest BCUT2D eigenvalue weighted by Gasteiger charge is 2.24. The fraction of sp³-hybridized carbons (Fsp3) is 0.700. The largest absolute Gasteiger partial charge is 0.497 e. The maximum absolute atomic E-state index is 5.33. The van der Waals surface area contributed by atoms with Crippen LogP contribution < -0.4 is 10.1 Å². The van der Waals surface area contributed by atoms with E-state index in [9.17, 15) is 0 Å². The first kappa shape index (κ1) is 18.6. The highest BCUT2D eigenvalue weighted by atomic mass is 16.5. The quantitative estimate of drug-likeness (QED) is 0.847. The number of nitrogens with zero attached hydrogens (tertiary/aromatic N) is 3. The van der Waals surface area contributed by atoms with E-state index >= 15 is 0 Å². The molecule has 140 valence electrons. The molecule has 0 bridgehead atoms. The van der Waals surface area contributed by atoms with E-state index in [4.69, 9.17) is 4.74 Å². The van der Waals surface area contributed by atoms with E-state index in [1.165, 1.54) is 44.6 Å². The highest BCUT2D eigenvalue weighted by molar-refractivity contribution is 5.29. The van der Waals surface area contributed by atoms with Crippen molar-refractivity contribution in [2.45, 2.75) is 24.9 Å². The van der Waals surface area contributed by atoms with Gasteiger partial charge in [-0.15, -0.1) is 0 Å². The number of benzene rings is 1. The van der Waals surface area contributed by atoms with Gasteiger partial charge in [-0.25, -0.2) is 0 Å². The molecule has 2 saturated heterocycles. The van der Waals surface area contributed by atoms with Crippen LogP contribution >= 0.6 is 0 Å². The van der Waals surface area contributed by atoms with Crippen LogP contribution in [-0.4, -0.2) is 87.8 Å². The average molecular weight is 347 g/mol. The normalized spacial score (nSPS) is 22.8. The molecule has 2 aliphatic heterocycles. The summed E-state index contributed by atoms with van der Waals surface area (Å²) in [6, 6.07) is 9.63. The summed E-state index contributed by atoms with van der Waals surface area (Å²) in [6.07, 6.45) is 2.48. The molecule has 2 heterocycles. The molecule has 2 fully saturated rings. The van der Waals surface area contributed by atoms with Crippen molar-refractivity contribution in [3.63, 3.8) is 0 Å². The number of hydrogen-bond acceptors (Lipinski definition) is 5. The lowest BCUT2D eigenvalue weighted by molar-refractivity contribution is 0.135. The smallest absolute Gasteiger partial charge is 0.118 e. The monoisotopic (exact) mass is 346 g/mol. The van der Waals surface area contributed by atoms with Crippen molar-refractivity contribution < 1.29 is 4.74 Å². The highest BCUT2D eigenvalue weighted by Crippen LogP contribution is 2.22. The van der Waals surface area contributed by atoms with Crippen LogP contribution in [0.5, 0.6) is 5.75 Å². The third-order valence-electron chi connectivity index (χ3n) is 5.71. The summed E-state index contributed by atoms with van der Waals surface area (Å²) in [5.74, 6) is 0.932. The molecule has 1 aromatic carbocycles. The summed E-state index contributed by atoms with van der Waals surface area (Å²) in [5.41, 5.74) is 1.37. The van der Waals surface area contributed by atoms with E-state index in [0.717, 1.165) is 25.4 Å². The van der Waals surface area contributed by atoms with Gasteiger partial charge in [0.15, 0.2) is 0 Å². The van der Waals surface area contributed by atoms with Crippen LogP contribution in [0.3, 0.4) is 0 Å². The van der Waals surface area contributed by atoms with Crippen molar-refractivity contribution in [3.05, 3.63) is 29.8 Å². The SMILES string of the molecule is COc1ccc([C@@H](CN2CCN(C)CC2)NC2CCN(C)CC2)cc1. The Hall–Kier alpha value is -1.14. The molecule has 2 aliphatic rings. The van der Waals surface area contributed by atoms with Crippen LogP contribution in [-0.2, 0) is 0 Å². The van der Waals surface area contributed by atoms with Crippen LogP contribution in [0, 0.1) is 0 Å². The molecule has 1 N–H and O–H groups in total. The van der Waals surface area contributed by atoms with Crippen LogP contribution in [0.25, 0.3) is 0 Å². The maximum atomic E-state index is 5.33. The minimum absolute atomic E-state index is 0.391. The number of ether oxygens (including phenoxy) is 1. The number of piperazine rings is 1. The Kier molecular flexibility index (Phi) is 6.70. The Labute approximate surface area is 152 Å². The number of likely N-dealkylation sites (tertiary alicyclic amines) is 1. The number of rotatable bonds is 6. The van der Waals surface area contributed by atoms with Gasteiger partial charge in [0, 0.05) is 44.8 Å². The molecule has 0 amide bonds. The lowest BCUT2D eigenvalue weighted by Gasteiger charge is -2.37. The van der Waals surface area contributed by atoms with Gasteiger partial charge in [0.2, 0.25) is 0 Å². The number of likely N-dealkylation sites (N-methyl/N-ethyl adjacent to an activating group) is 1. The van der Waals surface area contributed by atoms with Gasteiger partial charge >= 0.3 is 0 Å². The van der Waals surface area contributed by atoms with Gasteiger partial charge < -0.3 is 19.9 Å². The van der Waals surface area contributed by atoms with Gasteiger partial charge in [-0.05, 0) is 57.7 Å². The molecule has 0 radical (unpaired) electrons. The van der Waals surface area contributed by atoms with E-state index in [1.807, 2.05) is 0 Å². The minimum Gasteiger partial charge on any atom is -0.497 e. The lowest BCUT2D eigenvalue weighted by atomic mass is 10.00. The summed E-state index contributed by atoms with van der Waals surface area (Å²) in [6.45, 7) is 8.15. The zero-order valence-corrected chi connectivity index (χ0v) is 16.1. The lowest BCUT2D eigenvalue weighted by Crippen LogP contribution is -2.49. The Balaban J connectivity index is 1.66. The van der Waals surface area contributed by atoms with Gasteiger partial charge in [-0.1, -0.05) is 12.1 Å². The number of piperidine rings is 1. The van der Waals surface area contributed by atoms with E-state index < -0.39 is 0 Å². The van der Waals surface area contributed by atoms with E-state index in [0.29, 0.717) is 12.1 Å². The van der Waals surface area contributed by atoms with Gasteiger partial charge in [-0.2, -0.15) is 0 Å². The standard InChI is InChI=1S/C20H34N4O/c1-22-10-8-18(9-11-22)21-20(16-24-14-12-23(2)13-15-24)17-4-6-19(25-3)7-5-17/h4-7,18,20-21H,8-16H2,1-3H3/t20-/m1/s1. The zero-order valence-electron chi connectivity index (χ0n) is 16.1. The Morgan fingerprint density at radius 3 is 2.16 bits per heavy atom. The average Bonchev–Trinajstić information content (AvgIpc) is 2.65.